The van der Waals surface area contributed by atoms with Crippen LogP contribution in [0.5, 0.6) is 0 Å². The van der Waals surface area contributed by atoms with Crippen LogP contribution in [-0.4, -0.2) is 27.5 Å². The van der Waals surface area contributed by atoms with Gasteiger partial charge in [0.1, 0.15) is 11.6 Å². The molecule has 3 heterocycles. The van der Waals surface area contributed by atoms with Crippen LogP contribution in [0.4, 0.5) is 11.6 Å². The van der Waals surface area contributed by atoms with Crippen molar-refractivity contribution in [2.45, 2.75) is 19.4 Å². The number of carbonyl (C=O) groups is 1. The summed E-state index contributed by atoms with van der Waals surface area (Å²) >= 11 is 0. The molecule has 1 saturated carbocycles. The third kappa shape index (κ3) is 4.09. The quantitative estimate of drug-likeness (QED) is 0.489. The average molecular weight is 425 g/mol. The summed E-state index contributed by atoms with van der Waals surface area (Å²) in [7, 11) is 1.83. The molecule has 0 radical (unpaired) electrons. The number of pyridine rings is 3. The van der Waals surface area contributed by atoms with Gasteiger partial charge in [-0.3, -0.25) is 9.59 Å². The molecule has 0 bridgehead atoms. The van der Waals surface area contributed by atoms with Crippen LogP contribution >= 0.6 is 0 Å². The number of fused-ring (bicyclic) bond motifs is 1. The molecule has 0 aliphatic heterocycles. The fourth-order valence-electron chi connectivity index (χ4n) is 3.76. The maximum Gasteiger partial charge on any atom is 0.228 e. The zero-order chi connectivity index (χ0) is 22.1. The molecule has 1 amide bonds. The third-order valence-corrected chi connectivity index (χ3v) is 5.70. The standard InChI is InChI=1S/C25H23N5O2/c1-26-24-22-14-27-23(29-25(32)18-6-7-18)12-20(22)21(13-28-24)17-4-2-16(3-5-17)15-30-10-8-19(31)9-11-30/h2-5,8-14,18H,6-7,15H2,1H3,(H,26,28)(H,27,29,32). The summed E-state index contributed by atoms with van der Waals surface area (Å²) in [6.07, 6.45) is 9.07. The highest BCUT2D eigenvalue weighted by molar-refractivity contribution is 6.03. The van der Waals surface area contributed by atoms with Gasteiger partial charge in [0.15, 0.2) is 5.43 Å². The Morgan fingerprint density at radius 3 is 2.47 bits per heavy atom. The van der Waals surface area contributed by atoms with Gasteiger partial charge in [-0.15, -0.1) is 0 Å². The van der Waals surface area contributed by atoms with E-state index in [0.717, 1.165) is 46.1 Å². The number of amides is 1. The summed E-state index contributed by atoms with van der Waals surface area (Å²) in [6.45, 7) is 0.680. The number of anilines is 2. The van der Waals surface area contributed by atoms with Gasteiger partial charge < -0.3 is 15.2 Å². The van der Waals surface area contributed by atoms with E-state index in [9.17, 15) is 9.59 Å². The van der Waals surface area contributed by atoms with Crippen LogP contribution in [0.3, 0.4) is 0 Å². The number of nitrogens with zero attached hydrogens (tertiary/aromatic N) is 3. The van der Waals surface area contributed by atoms with Crippen molar-refractivity contribution in [1.29, 1.82) is 0 Å². The average Bonchev–Trinajstić information content (AvgIpc) is 3.66. The number of hydrogen-bond acceptors (Lipinski definition) is 5. The highest BCUT2D eigenvalue weighted by Gasteiger charge is 2.29. The fraction of sp³-hybridized carbons (Fsp3) is 0.200. The highest BCUT2D eigenvalue weighted by Crippen LogP contribution is 2.34. The maximum atomic E-state index is 12.2. The number of aromatic nitrogens is 3. The molecule has 3 aromatic heterocycles. The lowest BCUT2D eigenvalue weighted by Gasteiger charge is -2.13. The highest BCUT2D eigenvalue weighted by atomic mass is 16.2. The smallest absolute Gasteiger partial charge is 0.228 e. The van der Waals surface area contributed by atoms with Gasteiger partial charge in [0.05, 0.1) is 0 Å². The summed E-state index contributed by atoms with van der Waals surface area (Å²) in [5, 5.41) is 7.92. The van der Waals surface area contributed by atoms with Crippen molar-refractivity contribution >= 4 is 28.3 Å². The maximum absolute atomic E-state index is 12.2. The summed E-state index contributed by atoms with van der Waals surface area (Å²) in [4.78, 5) is 32.5. The van der Waals surface area contributed by atoms with Crippen LogP contribution in [0.15, 0.2) is 72.0 Å². The van der Waals surface area contributed by atoms with Crippen molar-refractivity contribution < 1.29 is 4.79 Å². The van der Waals surface area contributed by atoms with Crippen LogP contribution in [-0.2, 0) is 11.3 Å². The second-order valence-electron chi connectivity index (χ2n) is 8.05. The van der Waals surface area contributed by atoms with E-state index in [2.05, 4.69) is 44.9 Å². The van der Waals surface area contributed by atoms with E-state index in [1.54, 1.807) is 30.7 Å². The van der Waals surface area contributed by atoms with E-state index in [1.807, 2.05) is 23.9 Å². The van der Waals surface area contributed by atoms with Crippen molar-refractivity contribution in [1.82, 2.24) is 14.5 Å². The van der Waals surface area contributed by atoms with E-state index >= 15 is 0 Å². The molecule has 7 heteroatoms. The molecule has 0 saturated heterocycles. The number of rotatable bonds is 6. The Morgan fingerprint density at radius 1 is 1.03 bits per heavy atom. The van der Waals surface area contributed by atoms with Gasteiger partial charge in [-0.1, -0.05) is 24.3 Å². The SMILES string of the molecule is CNc1ncc(-c2ccc(Cn3ccc(=O)cc3)cc2)c2cc(NC(=O)C3CC3)ncc12. The molecule has 1 aliphatic rings. The molecule has 0 spiro atoms. The Balaban J connectivity index is 1.48. The lowest BCUT2D eigenvalue weighted by atomic mass is 10.00. The molecule has 0 unspecified atom stereocenters. The minimum Gasteiger partial charge on any atom is -0.373 e. The predicted molar refractivity (Wildman–Crippen MR) is 126 cm³/mol. The Bertz CT molecular complexity index is 1340. The first-order valence-electron chi connectivity index (χ1n) is 10.6. The minimum atomic E-state index is 0.00294. The van der Waals surface area contributed by atoms with Crippen molar-refractivity contribution in [2.24, 2.45) is 5.92 Å². The summed E-state index contributed by atoms with van der Waals surface area (Å²) in [5.41, 5.74) is 3.13. The zero-order valence-corrected chi connectivity index (χ0v) is 17.7. The van der Waals surface area contributed by atoms with Gasteiger partial charge in [-0.05, 0) is 35.4 Å². The first-order chi connectivity index (χ1) is 15.6. The Kier molecular flexibility index (Phi) is 5.15. The second-order valence-corrected chi connectivity index (χ2v) is 8.05. The van der Waals surface area contributed by atoms with E-state index < -0.39 is 0 Å². The second kappa shape index (κ2) is 8.26. The first-order valence-corrected chi connectivity index (χ1v) is 10.6. The third-order valence-electron chi connectivity index (χ3n) is 5.70. The monoisotopic (exact) mass is 425 g/mol. The molecule has 160 valence electrons. The number of benzene rings is 1. The molecule has 4 aromatic rings. The molecule has 2 N–H and O–H groups in total. The van der Waals surface area contributed by atoms with Crippen LogP contribution < -0.4 is 16.1 Å². The number of nitrogens with one attached hydrogen (secondary N) is 2. The topological polar surface area (TPSA) is 88.9 Å². The van der Waals surface area contributed by atoms with Gasteiger partial charge in [0, 0.05) is 67.4 Å². The van der Waals surface area contributed by atoms with E-state index in [0.29, 0.717) is 12.4 Å². The predicted octanol–water partition coefficient (Wildman–Crippen LogP) is 3.90. The van der Waals surface area contributed by atoms with Crippen molar-refractivity contribution in [3.63, 3.8) is 0 Å². The summed E-state index contributed by atoms with van der Waals surface area (Å²) in [6, 6.07) is 13.3. The Labute approximate surface area is 185 Å². The fourth-order valence-corrected chi connectivity index (χ4v) is 3.76. The lowest BCUT2D eigenvalue weighted by molar-refractivity contribution is -0.117. The zero-order valence-electron chi connectivity index (χ0n) is 17.7. The van der Waals surface area contributed by atoms with Gasteiger partial charge in [0.25, 0.3) is 0 Å². The van der Waals surface area contributed by atoms with Gasteiger partial charge in [0.2, 0.25) is 5.91 Å². The van der Waals surface area contributed by atoms with Gasteiger partial charge in [-0.25, -0.2) is 9.97 Å². The molecule has 5 rings (SSSR count). The molecule has 7 nitrogen and oxygen atoms in total. The van der Waals surface area contributed by atoms with Gasteiger partial charge >= 0.3 is 0 Å². The van der Waals surface area contributed by atoms with Crippen LogP contribution in [0, 0.1) is 5.92 Å². The van der Waals surface area contributed by atoms with Crippen molar-refractivity contribution in [2.75, 3.05) is 17.7 Å². The Morgan fingerprint density at radius 2 is 1.78 bits per heavy atom. The minimum absolute atomic E-state index is 0.00294. The van der Waals surface area contributed by atoms with Crippen molar-refractivity contribution in [3.05, 3.63) is 83.0 Å². The van der Waals surface area contributed by atoms with Crippen LogP contribution in [0.25, 0.3) is 21.9 Å². The largest absolute Gasteiger partial charge is 0.373 e. The van der Waals surface area contributed by atoms with E-state index in [1.165, 1.54) is 0 Å². The van der Waals surface area contributed by atoms with Crippen molar-refractivity contribution in [3.8, 4) is 11.1 Å². The van der Waals surface area contributed by atoms with Crippen LogP contribution in [0.2, 0.25) is 0 Å². The molecular weight excluding hydrogens is 402 g/mol. The normalized spacial score (nSPS) is 13.2. The molecule has 1 aliphatic carbocycles. The molecule has 1 fully saturated rings. The molecule has 1 aromatic carbocycles. The van der Waals surface area contributed by atoms with E-state index in [-0.39, 0.29) is 17.3 Å². The van der Waals surface area contributed by atoms with Crippen LogP contribution in [0.1, 0.15) is 18.4 Å². The first kappa shape index (κ1) is 19.9. The molecular formula is C25H23N5O2. The Hall–Kier alpha value is -4.00. The van der Waals surface area contributed by atoms with Gasteiger partial charge in [-0.2, -0.15) is 0 Å². The molecule has 0 atom stereocenters. The molecule has 32 heavy (non-hydrogen) atoms. The summed E-state index contributed by atoms with van der Waals surface area (Å²) < 4.78 is 1.97. The number of hydrogen-bond donors (Lipinski definition) is 2. The number of carbonyl (C=O) groups excluding carboxylic acids is 1. The lowest BCUT2D eigenvalue weighted by Crippen LogP contribution is -2.14. The summed E-state index contributed by atoms with van der Waals surface area (Å²) in [5.74, 6) is 1.45. The van der Waals surface area contributed by atoms with E-state index in [4.69, 9.17) is 0 Å².